The topological polar surface area (TPSA) is 72.2 Å². The second kappa shape index (κ2) is 5.88. The largest absolute Gasteiger partial charge is 0.477 e. The number of halogens is 1. The molecule has 5 nitrogen and oxygen atoms in total. The predicted octanol–water partition coefficient (Wildman–Crippen LogP) is 2.67. The maximum absolute atomic E-state index is 11.9. The second-order valence-electron chi connectivity index (χ2n) is 4.28. The lowest BCUT2D eigenvalue weighted by Crippen LogP contribution is -2.28. The monoisotopic (exact) mass is 292 g/mol. The molecule has 0 atom stereocenters. The van der Waals surface area contributed by atoms with Crippen LogP contribution in [0.15, 0.2) is 35.1 Å². The Kier molecular flexibility index (Phi) is 4.20. The van der Waals surface area contributed by atoms with E-state index in [9.17, 15) is 9.59 Å². The smallest absolute Gasteiger partial charge is 0.341 e. The fourth-order valence-corrected chi connectivity index (χ4v) is 1.95. The fraction of sp³-hybridized carbons (Fsp3) is 0.214. The molecule has 0 aliphatic heterocycles. The minimum absolute atomic E-state index is 0.279. The van der Waals surface area contributed by atoms with Gasteiger partial charge in [-0.3, -0.25) is 4.79 Å². The van der Waals surface area contributed by atoms with Crippen molar-refractivity contribution < 1.29 is 9.90 Å². The summed E-state index contributed by atoms with van der Waals surface area (Å²) in [5.41, 5.74) is 0.282. The second-order valence-corrected chi connectivity index (χ2v) is 4.72. The van der Waals surface area contributed by atoms with Crippen LogP contribution in [0.5, 0.6) is 0 Å². The molecule has 104 valence electrons. The molecule has 0 unspecified atom stereocenters. The number of carbonyl (C=O) groups is 1. The van der Waals surface area contributed by atoms with Gasteiger partial charge in [0, 0.05) is 17.1 Å². The Balaban J connectivity index is 2.61. The molecular weight excluding hydrogens is 280 g/mol. The van der Waals surface area contributed by atoms with E-state index in [1.807, 2.05) is 6.92 Å². The summed E-state index contributed by atoms with van der Waals surface area (Å²) >= 11 is 5.82. The molecule has 1 N–H and O–H groups in total. The van der Waals surface area contributed by atoms with Gasteiger partial charge < -0.3 is 5.11 Å². The van der Waals surface area contributed by atoms with Gasteiger partial charge in [0.05, 0.1) is 5.69 Å². The van der Waals surface area contributed by atoms with E-state index in [4.69, 9.17) is 16.7 Å². The van der Waals surface area contributed by atoms with E-state index in [2.05, 4.69) is 5.10 Å². The van der Waals surface area contributed by atoms with Crippen molar-refractivity contribution in [2.75, 3.05) is 0 Å². The van der Waals surface area contributed by atoms with Crippen LogP contribution in [0.1, 0.15) is 23.7 Å². The summed E-state index contributed by atoms with van der Waals surface area (Å²) in [5, 5.41) is 13.9. The van der Waals surface area contributed by atoms with Crippen molar-refractivity contribution in [2.45, 2.75) is 19.9 Å². The number of aromatic nitrogens is 2. The number of benzene rings is 1. The highest BCUT2D eigenvalue weighted by atomic mass is 35.5. The van der Waals surface area contributed by atoms with Crippen LogP contribution in [0.4, 0.5) is 0 Å². The number of carboxylic acid groups (broad SMARTS) is 1. The van der Waals surface area contributed by atoms with Crippen LogP contribution in [0.25, 0.3) is 11.3 Å². The molecule has 1 heterocycles. The zero-order chi connectivity index (χ0) is 14.7. The van der Waals surface area contributed by atoms with Crippen LogP contribution in [0.2, 0.25) is 5.02 Å². The van der Waals surface area contributed by atoms with Gasteiger partial charge in [0.15, 0.2) is 0 Å². The van der Waals surface area contributed by atoms with Crippen molar-refractivity contribution in [3.8, 4) is 11.3 Å². The Morgan fingerprint density at radius 1 is 1.35 bits per heavy atom. The molecule has 0 aliphatic carbocycles. The predicted molar refractivity (Wildman–Crippen MR) is 76.2 cm³/mol. The van der Waals surface area contributed by atoms with E-state index in [0.717, 1.165) is 0 Å². The van der Waals surface area contributed by atoms with Crippen LogP contribution in [0, 0.1) is 0 Å². The summed E-state index contributed by atoms with van der Waals surface area (Å²) in [6.45, 7) is 2.27. The van der Waals surface area contributed by atoms with E-state index in [0.29, 0.717) is 29.2 Å². The molecule has 0 spiro atoms. The third kappa shape index (κ3) is 2.88. The van der Waals surface area contributed by atoms with Gasteiger partial charge in [-0.1, -0.05) is 30.7 Å². The van der Waals surface area contributed by atoms with Crippen molar-refractivity contribution in [3.63, 3.8) is 0 Å². The van der Waals surface area contributed by atoms with Gasteiger partial charge in [-0.15, -0.1) is 0 Å². The van der Waals surface area contributed by atoms with E-state index in [-0.39, 0.29) is 5.56 Å². The van der Waals surface area contributed by atoms with Crippen LogP contribution in [0.3, 0.4) is 0 Å². The molecule has 20 heavy (non-hydrogen) atoms. The van der Waals surface area contributed by atoms with Crippen molar-refractivity contribution in [1.82, 2.24) is 9.78 Å². The van der Waals surface area contributed by atoms with Crippen molar-refractivity contribution in [2.24, 2.45) is 0 Å². The molecule has 0 bridgehead atoms. The quantitative estimate of drug-likeness (QED) is 0.940. The number of hydrogen-bond acceptors (Lipinski definition) is 3. The van der Waals surface area contributed by atoms with Crippen molar-refractivity contribution >= 4 is 17.6 Å². The summed E-state index contributed by atoms with van der Waals surface area (Å²) in [5.74, 6) is -1.25. The molecule has 1 aromatic carbocycles. The average Bonchev–Trinajstić information content (AvgIpc) is 2.42. The molecule has 0 radical (unpaired) electrons. The molecule has 0 aliphatic rings. The van der Waals surface area contributed by atoms with Gasteiger partial charge in [-0.25, -0.2) is 9.48 Å². The van der Waals surface area contributed by atoms with Gasteiger partial charge in [0.2, 0.25) is 0 Å². The summed E-state index contributed by atoms with van der Waals surface area (Å²) in [6.07, 6.45) is 0.691. The maximum atomic E-state index is 11.9. The first-order valence-corrected chi connectivity index (χ1v) is 6.52. The Labute approximate surface area is 120 Å². The first kappa shape index (κ1) is 14.3. The number of rotatable bonds is 4. The van der Waals surface area contributed by atoms with Crippen molar-refractivity contribution in [3.05, 3.63) is 51.3 Å². The van der Waals surface area contributed by atoms with Crippen LogP contribution >= 0.6 is 11.6 Å². The highest BCUT2D eigenvalue weighted by molar-refractivity contribution is 6.30. The Morgan fingerprint density at radius 2 is 2.00 bits per heavy atom. The normalized spacial score (nSPS) is 10.5. The summed E-state index contributed by atoms with van der Waals surface area (Å²) in [7, 11) is 0. The molecule has 0 saturated heterocycles. The Hall–Kier alpha value is -2.14. The van der Waals surface area contributed by atoms with E-state index >= 15 is 0 Å². The van der Waals surface area contributed by atoms with Gasteiger partial charge in [-0.05, 0) is 24.6 Å². The molecule has 0 amide bonds. The average molecular weight is 293 g/mol. The summed E-state index contributed by atoms with van der Waals surface area (Å²) in [4.78, 5) is 23.1. The van der Waals surface area contributed by atoms with Gasteiger partial charge in [0.25, 0.3) is 5.56 Å². The van der Waals surface area contributed by atoms with Gasteiger partial charge in [-0.2, -0.15) is 5.10 Å². The highest BCUT2D eigenvalue weighted by Crippen LogP contribution is 2.19. The number of aryl methyl sites for hydroxylation is 1. The van der Waals surface area contributed by atoms with Crippen molar-refractivity contribution in [1.29, 1.82) is 0 Å². The standard InChI is InChI=1S/C14H13ClN2O3/c1-2-7-17-13(18)11(14(19)20)8-12(16-17)9-3-5-10(15)6-4-9/h3-6,8H,2,7H2,1H3,(H,19,20). The lowest BCUT2D eigenvalue weighted by atomic mass is 10.1. The molecule has 2 aromatic rings. The number of nitrogens with zero attached hydrogens (tertiary/aromatic N) is 2. The van der Waals surface area contributed by atoms with Crippen LogP contribution < -0.4 is 5.56 Å². The van der Waals surface area contributed by atoms with Crippen LogP contribution in [-0.2, 0) is 6.54 Å². The number of carboxylic acids is 1. The van der Waals surface area contributed by atoms with E-state index in [1.165, 1.54) is 10.7 Å². The molecule has 0 fully saturated rings. The lowest BCUT2D eigenvalue weighted by Gasteiger charge is -2.08. The molecular formula is C14H13ClN2O3. The number of aromatic carboxylic acids is 1. The molecule has 1 aromatic heterocycles. The van der Waals surface area contributed by atoms with Crippen LogP contribution in [-0.4, -0.2) is 20.9 Å². The highest BCUT2D eigenvalue weighted by Gasteiger charge is 2.15. The minimum Gasteiger partial charge on any atom is -0.477 e. The molecule has 0 saturated carbocycles. The minimum atomic E-state index is -1.25. The van der Waals surface area contributed by atoms with Gasteiger partial charge >= 0.3 is 5.97 Å². The molecule has 2 rings (SSSR count). The summed E-state index contributed by atoms with van der Waals surface area (Å²) < 4.78 is 1.19. The van der Waals surface area contributed by atoms with E-state index in [1.54, 1.807) is 24.3 Å². The summed E-state index contributed by atoms with van der Waals surface area (Å²) in [6, 6.07) is 8.14. The van der Waals surface area contributed by atoms with E-state index < -0.39 is 11.5 Å². The first-order chi connectivity index (χ1) is 9.52. The number of hydrogen-bond donors (Lipinski definition) is 1. The zero-order valence-corrected chi connectivity index (χ0v) is 11.6. The maximum Gasteiger partial charge on any atom is 0.341 e. The molecule has 6 heteroatoms. The lowest BCUT2D eigenvalue weighted by molar-refractivity contribution is 0.0693. The third-order valence-electron chi connectivity index (χ3n) is 2.78. The first-order valence-electron chi connectivity index (χ1n) is 6.14. The Morgan fingerprint density at radius 3 is 2.55 bits per heavy atom. The third-order valence-corrected chi connectivity index (χ3v) is 3.03. The SMILES string of the molecule is CCCn1nc(-c2ccc(Cl)cc2)cc(C(=O)O)c1=O. The van der Waals surface area contributed by atoms with Gasteiger partial charge in [0.1, 0.15) is 5.56 Å². The Bertz CT molecular complexity index is 693. The fourth-order valence-electron chi connectivity index (χ4n) is 1.82. The zero-order valence-electron chi connectivity index (χ0n) is 10.8.